The highest BCUT2D eigenvalue weighted by Gasteiger charge is 2.25. The number of thiophene rings is 1. The third kappa shape index (κ3) is 3.78. The smallest absolute Gasteiger partial charge is 0.324 e. The Kier molecular flexibility index (Phi) is 5.28. The van der Waals surface area contributed by atoms with Gasteiger partial charge in [-0.1, -0.05) is 34.2 Å². The monoisotopic (exact) mass is 334 g/mol. The summed E-state index contributed by atoms with van der Waals surface area (Å²) in [6.45, 7) is 3.97. The second-order valence-corrected chi connectivity index (χ2v) is 6.06. The molecule has 1 amide bonds. The SMILES string of the molecule is CCC(C)(CCBr)NC(=O)c1ccc([N+](=O)[O-])s1. The van der Waals surface area contributed by atoms with Gasteiger partial charge in [0.1, 0.15) is 0 Å². The Morgan fingerprint density at radius 2 is 2.28 bits per heavy atom. The van der Waals surface area contributed by atoms with Crippen LogP contribution < -0.4 is 5.32 Å². The molecule has 0 aromatic carbocycles. The van der Waals surface area contributed by atoms with Crippen LogP contribution in [0.15, 0.2) is 12.1 Å². The van der Waals surface area contributed by atoms with E-state index in [0.29, 0.717) is 4.88 Å². The molecule has 5 nitrogen and oxygen atoms in total. The van der Waals surface area contributed by atoms with Gasteiger partial charge < -0.3 is 5.32 Å². The highest BCUT2D eigenvalue weighted by atomic mass is 79.9. The van der Waals surface area contributed by atoms with Gasteiger partial charge in [-0.05, 0) is 25.8 Å². The summed E-state index contributed by atoms with van der Waals surface area (Å²) in [5.41, 5.74) is -0.292. The zero-order valence-corrected chi connectivity index (χ0v) is 12.6. The van der Waals surface area contributed by atoms with Gasteiger partial charge in [-0.15, -0.1) is 0 Å². The first-order valence-corrected chi connectivity index (χ1v) is 7.48. The van der Waals surface area contributed by atoms with Gasteiger partial charge in [-0.3, -0.25) is 14.9 Å². The van der Waals surface area contributed by atoms with Crippen molar-refractivity contribution in [3.05, 3.63) is 27.1 Å². The maximum absolute atomic E-state index is 12.0. The fraction of sp³-hybridized carbons (Fsp3) is 0.545. The van der Waals surface area contributed by atoms with E-state index in [2.05, 4.69) is 21.2 Å². The average Bonchev–Trinajstić information content (AvgIpc) is 2.78. The van der Waals surface area contributed by atoms with Gasteiger partial charge in [-0.2, -0.15) is 0 Å². The summed E-state index contributed by atoms with van der Waals surface area (Å²) in [6, 6.07) is 2.84. The molecule has 0 saturated heterocycles. The number of carbonyl (C=O) groups is 1. The number of halogens is 1. The summed E-state index contributed by atoms with van der Waals surface area (Å²) in [6.07, 6.45) is 1.61. The number of hydrogen-bond donors (Lipinski definition) is 1. The van der Waals surface area contributed by atoms with Gasteiger partial charge in [0.15, 0.2) is 0 Å². The summed E-state index contributed by atoms with van der Waals surface area (Å²) in [4.78, 5) is 22.4. The maximum atomic E-state index is 12.0. The highest BCUT2D eigenvalue weighted by molar-refractivity contribution is 9.09. The molecule has 100 valence electrons. The molecule has 0 aliphatic heterocycles. The van der Waals surface area contributed by atoms with E-state index in [0.717, 1.165) is 29.5 Å². The first-order valence-electron chi connectivity index (χ1n) is 5.54. The number of nitrogens with one attached hydrogen (secondary N) is 1. The summed E-state index contributed by atoms with van der Waals surface area (Å²) < 4.78 is 0. The van der Waals surface area contributed by atoms with Crippen LogP contribution in [0.4, 0.5) is 5.00 Å². The topological polar surface area (TPSA) is 72.2 Å². The number of nitro groups is 1. The fourth-order valence-electron chi connectivity index (χ4n) is 1.42. The molecular weight excluding hydrogens is 320 g/mol. The molecule has 0 spiro atoms. The summed E-state index contributed by atoms with van der Waals surface area (Å²) >= 11 is 4.25. The number of hydrogen-bond acceptors (Lipinski definition) is 4. The Morgan fingerprint density at radius 3 is 2.72 bits per heavy atom. The fourth-order valence-corrected chi connectivity index (χ4v) is 3.01. The molecule has 0 fully saturated rings. The van der Waals surface area contributed by atoms with Crippen LogP contribution in [0.2, 0.25) is 0 Å². The van der Waals surface area contributed by atoms with Crippen LogP contribution in [0.25, 0.3) is 0 Å². The van der Waals surface area contributed by atoms with Crippen molar-refractivity contribution in [3.63, 3.8) is 0 Å². The molecule has 0 saturated carbocycles. The average molecular weight is 335 g/mol. The van der Waals surface area contributed by atoms with E-state index in [4.69, 9.17) is 0 Å². The second kappa shape index (κ2) is 6.29. The van der Waals surface area contributed by atoms with Crippen LogP contribution in [-0.4, -0.2) is 21.7 Å². The maximum Gasteiger partial charge on any atom is 0.324 e. The van der Waals surface area contributed by atoms with Crippen molar-refractivity contribution in [1.29, 1.82) is 0 Å². The van der Waals surface area contributed by atoms with Crippen molar-refractivity contribution in [1.82, 2.24) is 5.32 Å². The molecule has 1 N–H and O–H groups in total. The number of rotatable bonds is 6. The molecule has 7 heteroatoms. The lowest BCUT2D eigenvalue weighted by Gasteiger charge is -2.28. The molecule has 1 rings (SSSR count). The highest BCUT2D eigenvalue weighted by Crippen LogP contribution is 2.25. The summed E-state index contributed by atoms with van der Waals surface area (Å²) in [5.74, 6) is -0.251. The van der Waals surface area contributed by atoms with Crippen molar-refractivity contribution in [2.75, 3.05) is 5.33 Å². The van der Waals surface area contributed by atoms with Crippen LogP contribution in [0.3, 0.4) is 0 Å². The molecule has 18 heavy (non-hydrogen) atoms. The van der Waals surface area contributed by atoms with Crippen molar-refractivity contribution in [3.8, 4) is 0 Å². The Bertz CT molecular complexity index is 449. The number of carbonyl (C=O) groups excluding carboxylic acids is 1. The predicted octanol–water partition coefficient (Wildman–Crippen LogP) is 3.34. The van der Waals surface area contributed by atoms with Crippen molar-refractivity contribution >= 4 is 38.2 Å². The Balaban J connectivity index is 2.77. The number of alkyl halides is 1. The van der Waals surface area contributed by atoms with Crippen LogP contribution in [0, 0.1) is 10.1 Å². The lowest BCUT2D eigenvalue weighted by atomic mass is 9.95. The minimum absolute atomic E-state index is 0.0150. The van der Waals surface area contributed by atoms with Crippen LogP contribution in [-0.2, 0) is 0 Å². The summed E-state index contributed by atoms with van der Waals surface area (Å²) in [5, 5.41) is 14.3. The molecular formula is C11H15BrN2O3S. The minimum atomic E-state index is -0.487. The van der Waals surface area contributed by atoms with E-state index < -0.39 is 4.92 Å². The van der Waals surface area contributed by atoms with E-state index in [1.165, 1.54) is 12.1 Å². The first kappa shape index (κ1) is 15.1. The third-order valence-corrected chi connectivity index (χ3v) is 4.27. The molecule has 1 aromatic heterocycles. The zero-order chi connectivity index (χ0) is 13.8. The lowest BCUT2D eigenvalue weighted by Crippen LogP contribution is -2.45. The molecule has 1 unspecified atom stereocenters. The zero-order valence-electron chi connectivity index (χ0n) is 10.2. The van der Waals surface area contributed by atoms with Gasteiger partial charge in [0.2, 0.25) is 0 Å². The van der Waals surface area contributed by atoms with Crippen LogP contribution in [0.5, 0.6) is 0 Å². The predicted molar refractivity (Wildman–Crippen MR) is 75.5 cm³/mol. The number of nitrogens with zero attached hydrogens (tertiary/aromatic N) is 1. The van der Waals surface area contributed by atoms with Gasteiger partial charge >= 0.3 is 5.00 Å². The minimum Gasteiger partial charge on any atom is -0.346 e. The van der Waals surface area contributed by atoms with E-state index in [1.807, 2.05) is 13.8 Å². The molecule has 1 atom stereocenters. The van der Waals surface area contributed by atoms with E-state index in [9.17, 15) is 14.9 Å². The number of amides is 1. The Hall–Kier alpha value is -0.950. The normalized spacial score (nSPS) is 13.9. The lowest BCUT2D eigenvalue weighted by molar-refractivity contribution is -0.380. The van der Waals surface area contributed by atoms with Crippen molar-refractivity contribution in [2.24, 2.45) is 0 Å². The van der Waals surface area contributed by atoms with Crippen LogP contribution in [0.1, 0.15) is 36.4 Å². The van der Waals surface area contributed by atoms with Gasteiger partial charge in [-0.25, -0.2) is 0 Å². The quantitative estimate of drug-likeness (QED) is 0.492. The molecule has 0 aliphatic carbocycles. The third-order valence-electron chi connectivity index (χ3n) is 2.84. The molecule has 0 aliphatic rings. The molecule has 0 radical (unpaired) electrons. The summed E-state index contributed by atoms with van der Waals surface area (Å²) in [7, 11) is 0. The van der Waals surface area contributed by atoms with Gasteiger partial charge in [0, 0.05) is 16.9 Å². The standard InChI is InChI=1S/C11H15BrN2O3S/c1-3-11(2,6-7-12)13-10(15)8-4-5-9(18-8)14(16)17/h4-5H,3,6-7H2,1-2H3,(H,13,15). The van der Waals surface area contributed by atoms with Crippen molar-refractivity contribution < 1.29 is 9.72 Å². The largest absolute Gasteiger partial charge is 0.346 e. The van der Waals surface area contributed by atoms with Crippen LogP contribution >= 0.6 is 27.3 Å². The van der Waals surface area contributed by atoms with E-state index >= 15 is 0 Å². The first-order chi connectivity index (χ1) is 8.41. The molecule has 0 bridgehead atoms. The Morgan fingerprint density at radius 1 is 1.61 bits per heavy atom. The van der Waals surface area contributed by atoms with Crippen molar-refractivity contribution in [2.45, 2.75) is 32.2 Å². The van der Waals surface area contributed by atoms with Gasteiger partial charge in [0.25, 0.3) is 5.91 Å². The Labute approximate surface area is 118 Å². The molecule has 1 aromatic rings. The van der Waals surface area contributed by atoms with E-state index in [-0.39, 0.29) is 16.4 Å². The second-order valence-electron chi connectivity index (χ2n) is 4.20. The van der Waals surface area contributed by atoms with E-state index in [1.54, 1.807) is 0 Å². The van der Waals surface area contributed by atoms with Gasteiger partial charge in [0.05, 0.1) is 9.80 Å². The molecule has 1 heterocycles.